The number of hydrogen-bond donors (Lipinski definition) is 2. The summed E-state index contributed by atoms with van der Waals surface area (Å²) < 4.78 is 29.0. The lowest BCUT2D eigenvalue weighted by molar-refractivity contribution is -0.113. The molecule has 13 heteroatoms. The van der Waals surface area contributed by atoms with Gasteiger partial charge in [0.05, 0.1) is 21.7 Å². The van der Waals surface area contributed by atoms with E-state index >= 15 is 0 Å². The largest absolute Gasteiger partial charge is 0.490 e. The number of nitrogens with one attached hydrogen (secondary N) is 2. The van der Waals surface area contributed by atoms with Crippen molar-refractivity contribution in [2.24, 2.45) is 0 Å². The zero-order valence-electron chi connectivity index (χ0n) is 26.7. The molecule has 1 unspecified atom stereocenters. The van der Waals surface area contributed by atoms with Crippen molar-refractivity contribution in [3.05, 3.63) is 133 Å². The number of para-hydroxylation sites is 1. The van der Waals surface area contributed by atoms with Gasteiger partial charge in [0, 0.05) is 27.7 Å². The van der Waals surface area contributed by atoms with E-state index < -0.39 is 11.9 Å². The summed E-state index contributed by atoms with van der Waals surface area (Å²) in [7, 11) is 0. The molecule has 49 heavy (non-hydrogen) atoms. The zero-order chi connectivity index (χ0) is 34.7. The lowest BCUT2D eigenvalue weighted by Crippen LogP contribution is -2.31. The number of ether oxygens (including phenoxy) is 2. The third-order valence-electron chi connectivity index (χ3n) is 7.86. The molecule has 1 amide bonds. The first-order valence-electron chi connectivity index (χ1n) is 15.3. The van der Waals surface area contributed by atoms with E-state index in [-0.39, 0.29) is 23.1 Å². The number of anilines is 2. The van der Waals surface area contributed by atoms with Crippen LogP contribution in [0.25, 0.3) is 0 Å². The van der Waals surface area contributed by atoms with Crippen LogP contribution in [0.5, 0.6) is 11.5 Å². The van der Waals surface area contributed by atoms with Crippen LogP contribution in [0.4, 0.5) is 16.0 Å². The smallest absolute Gasteiger partial charge is 0.255 e. The minimum Gasteiger partial charge on any atom is -0.490 e. The monoisotopic (exact) mass is 781 g/mol. The van der Waals surface area contributed by atoms with Gasteiger partial charge in [0.25, 0.3) is 5.91 Å². The van der Waals surface area contributed by atoms with Crippen LogP contribution in [0.2, 0.25) is 10.0 Å². The Bertz CT molecular complexity index is 2050. The molecule has 0 spiro atoms. The molecule has 1 aromatic heterocycles. The summed E-state index contributed by atoms with van der Waals surface area (Å²) in [6.45, 7) is 5.82. The fraction of sp³-hybridized carbons (Fsp3) is 0.194. The summed E-state index contributed by atoms with van der Waals surface area (Å²) in [4.78, 5) is 18.9. The molecule has 1 aliphatic heterocycles. The zero-order valence-corrected chi connectivity index (χ0v) is 30.6. The highest BCUT2D eigenvalue weighted by Crippen LogP contribution is 2.44. The van der Waals surface area contributed by atoms with Crippen molar-refractivity contribution in [2.45, 2.75) is 44.3 Å². The quantitative estimate of drug-likeness (QED) is 0.129. The summed E-state index contributed by atoms with van der Waals surface area (Å²) in [5.41, 5.74) is 4.52. The summed E-state index contributed by atoms with van der Waals surface area (Å²) in [5.74, 6) is 1.00. The molecule has 252 valence electrons. The minimum atomic E-state index is -0.715. The van der Waals surface area contributed by atoms with Gasteiger partial charge in [0.1, 0.15) is 18.5 Å². The maximum Gasteiger partial charge on any atom is 0.255 e. The summed E-state index contributed by atoms with van der Waals surface area (Å²) >= 11 is 17.8. The van der Waals surface area contributed by atoms with Crippen LogP contribution in [0.1, 0.15) is 42.1 Å². The molecule has 1 aliphatic rings. The molecule has 2 heterocycles. The van der Waals surface area contributed by atoms with Crippen molar-refractivity contribution in [2.75, 3.05) is 17.2 Å². The number of halogens is 4. The number of allylic oxidation sites excluding steroid dienone is 1. The maximum atomic E-state index is 14.6. The van der Waals surface area contributed by atoms with Crippen LogP contribution in [0, 0.1) is 12.7 Å². The summed E-state index contributed by atoms with van der Waals surface area (Å²) in [6.07, 6.45) is 0. The average Bonchev–Trinajstić information content (AvgIpc) is 3.47. The topological polar surface area (TPSA) is 90.3 Å². The van der Waals surface area contributed by atoms with Crippen LogP contribution in [-0.2, 0) is 17.2 Å². The van der Waals surface area contributed by atoms with E-state index in [9.17, 15) is 9.18 Å². The fourth-order valence-corrected chi connectivity index (χ4v) is 7.33. The highest BCUT2D eigenvalue weighted by atomic mass is 79.9. The lowest BCUT2D eigenvalue weighted by Gasteiger charge is -2.29. The van der Waals surface area contributed by atoms with Gasteiger partial charge in [0.15, 0.2) is 11.5 Å². The molecule has 5 aromatic rings. The molecule has 0 radical (unpaired) electrons. The van der Waals surface area contributed by atoms with Crippen LogP contribution >= 0.6 is 50.9 Å². The molecule has 2 N–H and O–H groups in total. The fourth-order valence-electron chi connectivity index (χ4n) is 5.42. The first kappa shape index (κ1) is 34.8. The molecule has 0 aliphatic carbocycles. The highest BCUT2D eigenvalue weighted by molar-refractivity contribution is 9.10. The number of carbonyl (C=O) groups is 1. The molecule has 8 nitrogen and oxygen atoms in total. The Morgan fingerprint density at radius 1 is 1.04 bits per heavy atom. The number of nitrogens with zero attached hydrogens (tertiary/aromatic N) is 3. The van der Waals surface area contributed by atoms with Crippen molar-refractivity contribution >= 4 is 68.4 Å². The summed E-state index contributed by atoms with van der Waals surface area (Å²) in [5, 5.41) is 12.7. The van der Waals surface area contributed by atoms with Gasteiger partial charge in [-0.3, -0.25) is 4.79 Å². The molecule has 1 atom stereocenters. The Labute approximate surface area is 306 Å². The van der Waals surface area contributed by atoms with E-state index in [2.05, 4.69) is 26.6 Å². The van der Waals surface area contributed by atoms with E-state index in [1.54, 1.807) is 16.8 Å². The minimum absolute atomic E-state index is 0.126. The Kier molecular flexibility index (Phi) is 10.8. The maximum absolute atomic E-state index is 14.6. The van der Waals surface area contributed by atoms with E-state index in [0.717, 1.165) is 11.1 Å². The van der Waals surface area contributed by atoms with Gasteiger partial charge >= 0.3 is 0 Å². The van der Waals surface area contributed by atoms with Crippen LogP contribution in [-0.4, -0.2) is 27.3 Å². The lowest BCUT2D eigenvalue weighted by atomic mass is 9.94. The number of benzene rings is 4. The SMILES string of the molecule is CCOc1cc(C2C(C(=O)Nc3ccccc3C)=C(C)Nc3nc(SCc4ccccc4Cl)nn32)cc(Br)c1OCc1c(F)cccc1Cl. The van der Waals surface area contributed by atoms with Crippen LogP contribution in [0.3, 0.4) is 0 Å². The van der Waals surface area contributed by atoms with Crippen molar-refractivity contribution in [1.82, 2.24) is 14.8 Å². The van der Waals surface area contributed by atoms with Gasteiger partial charge in [-0.15, -0.1) is 5.10 Å². The van der Waals surface area contributed by atoms with E-state index in [1.807, 2.05) is 75.4 Å². The van der Waals surface area contributed by atoms with Gasteiger partial charge in [-0.2, -0.15) is 4.98 Å². The number of fused-ring (bicyclic) bond motifs is 1. The first-order valence-corrected chi connectivity index (χ1v) is 17.9. The van der Waals surface area contributed by atoms with Crippen LogP contribution in [0.15, 0.2) is 99.8 Å². The molecule has 4 aromatic carbocycles. The third-order valence-corrected chi connectivity index (χ3v) is 10.1. The van der Waals surface area contributed by atoms with Crippen molar-refractivity contribution < 1.29 is 18.7 Å². The van der Waals surface area contributed by atoms with Gasteiger partial charge in [-0.1, -0.05) is 77.4 Å². The number of rotatable bonds is 11. The van der Waals surface area contributed by atoms with Gasteiger partial charge in [-0.25, -0.2) is 9.07 Å². The van der Waals surface area contributed by atoms with Gasteiger partial charge < -0.3 is 20.1 Å². The number of carbonyl (C=O) groups excluding carboxylic acids is 1. The second-order valence-electron chi connectivity index (χ2n) is 11.1. The van der Waals surface area contributed by atoms with Crippen molar-refractivity contribution in [1.29, 1.82) is 0 Å². The Morgan fingerprint density at radius 3 is 2.55 bits per heavy atom. The highest BCUT2D eigenvalue weighted by Gasteiger charge is 2.36. The normalized spacial score (nSPS) is 13.9. The molecule has 0 saturated heterocycles. The molecular weight excluding hydrogens is 752 g/mol. The Balaban J connectivity index is 1.40. The number of hydrogen-bond acceptors (Lipinski definition) is 7. The summed E-state index contributed by atoms with van der Waals surface area (Å²) in [6, 6.07) is 22.6. The standard InChI is InChI=1S/C36H31BrCl2FN5O3S/c1-4-47-30-17-23(16-25(37)33(30)48-18-24-27(39)13-9-14-28(24)40)32-31(34(46)42-29-15-8-5-10-20(29)2)21(3)41-35-43-36(44-45(32)35)49-19-22-11-6-7-12-26(22)38/h5-17,32H,4,18-19H2,1-3H3,(H,42,46)(H,41,43,44). The molecule has 0 saturated carbocycles. The third kappa shape index (κ3) is 7.60. The molecule has 0 bridgehead atoms. The number of amides is 1. The van der Waals surface area contributed by atoms with Crippen molar-refractivity contribution in [3.63, 3.8) is 0 Å². The predicted octanol–water partition coefficient (Wildman–Crippen LogP) is 9.99. The van der Waals surface area contributed by atoms with Gasteiger partial charge in [0.2, 0.25) is 11.1 Å². The van der Waals surface area contributed by atoms with Crippen molar-refractivity contribution in [3.8, 4) is 11.5 Å². The average molecular weight is 784 g/mol. The Hall–Kier alpha value is -4.03. The number of aryl methyl sites for hydroxylation is 1. The first-order chi connectivity index (χ1) is 23.6. The Morgan fingerprint density at radius 2 is 1.80 bits per heavy atom. The van der Waals surface area contributed by atoms with E-state index in [4.69, 9.17) is 42.8 Å². The van der Waals surface area contributed by atoms with E-state index in [0.29, 0.717) is 67.0 Å². The number of aromatic nitrogens is 3. The second kappa shape index (κ2) is 15.2. The predicted molar refractivity (Wildman–Crippen MR) is 196 cm³/mol. The number of thioether (sulfide) groups is 1. The van der Waals surface area contributed by atoms with E-state index in [1.165, 1.54) is 23.9 Å². The molecular formula is C36H31BrCl2FN5O3S. The molecule has 0 fully saturated rings. The van der Waals surface area contributed by atoms with Gasteiger partial charge in [-0.05, 0) is 89.8 Å². The molecule has 6 rings (SSSR count). The second-order valence-corrected chi connectivity index (χ2v) is 13.7. The van der Waals surface area contributed by atoms with Crippen LogP contribution < -0.4 is 20.1 Å².